The average Bonchev–Trinajstić information content (AvgIpc) is 3.59. The molecule has 2 rings (SSSR count). The average molecular weight is 475 g/mol. The lowest BCUT2D eigenvalue weighted by atomic mass is 10.3. The Balaban J connectivity index is 1.79. The number of rotatable bonds is 15. The molecule has 3 atom stereocenters. The van der Waals surface area contributed by atoms with E-state index in [9.17, 15) is 0 Å². The Bertz CT molecular complexity index is 489. The maximum atomic E-state index is 2.91. The molecule has 0 amide bonds. The molecule has 10 heteroatoms. The van der Waals surface area contributed by atoms with Crippen LogP contribution in [0.25, 0.3) is 0 Å². The van der Waals surface area contributed by atoms with Gasteiger partial charge in [0.15, 0.2) is 37.2 Å². The highest BCUT2D eigenvalue weighted by molar-refractivity contribution is 6.81. The highest BCUT2D eigenvalue weighted by Crippen LogP contribution is 2.29. The Morgan fingerprint density at radius 3 is 2.07 bits per heavy atom. The third-order valence-corrected chi connectivity index (χ3v) is 22.8. The van der Waals surface area contributed by atoms with Gasteiger partial charge in [0.05, 0.1) is 0 Å². The van der Waals surface area contributed by atoms with Crippen molar-refractivity contribution in [2.24, 2.45) is 0 Å². The topological polar surface area (TPSA) is 19.0 Å². The van der Waals surface area contributed by atoms with E-state index < -0.39 is 17.5 Å². The molecule has 2 aliphatic rings. The molecular weight excluding hydrogens is 425 g/mol. The molecule has 2 saturated heterocycles. The molecule has 0 aromatic heterocycles. The van der Waals surface area contributed by atoms with Gasteiger partial charge in [-0.25, -0.2) is 0 Å². The SMILES string of the molecule is CCN(CC)[SiH2]N([SiH2]N(CC)CCC1CN1[SiH](C)N(C)[Si](C)(C)N1CC1)C(C)C. The molecule has 0 bridgehead atoms. The van der Waals surface area contributed by atoms with Crippen molar-refractivity contribution in [3.05, 3.63) is 0 Å². The number of nitrogens with zero attached hydrogens (tertiary/aromatic N) is 6. The second kappa shape index (κ2) is 11.5. The highest BCUT2D eigenvalue weighted by Gasteiger charge is 2.47. The zero-order valence-corrected chi connectivity index (χ0v) is 26.0. The molecule has 29 heavy (non-hydrogen) atoms. The molecule has 0 aromatic carbocycles. The molecule has 0 spiro atoms. The van der Waals surface area contributed by atoms with E-state index in [-0.39, 0.29) is 19.7 Å². The van der Waals surface area contributed by atoms with Crippen LogP contribution >= 0.6 is 0 Å². The molecule has 0 radical (unpaired) electrons. The second-order valence-electron chi connectivity index (χ2n) is 9.84. The Morgan fingerprint density at radius 2 is 1.59 bits per heavy atom. The lowest BCUT2D eigenvalue weighted by molar-refractivity contribution is 0.380. The molecule has 0 aromatic rings. The van der Waals surface area contributed by atoms with E-state index in [1.165, 1.54) is 52.2 Å². The minimum absolute atomic E-state index is 0.256. The number of hydrogen-bond acceptors (Lipinski definition) is 6. The second-order valence-corrected chi connectivity index (χ2v) is 22.3. The van der Waals surface area contributed by atoms with Crippen LogP contribution in [-0.2, 0) is 0 Å². The van der Waals surface area contributed by atoms with Gasteiger partial charge in [0, 0.05) is 25.7 Å². The summed E-state index contributed by atoms with van der Waals surface area (Å²) in [6.45, 7) is 28.5. The molecule has 2 fully saturated rings. The fourth-order valence-corrected chi connectivity index (χ4v) is 17.0. The monoisotopic (exact) mass is 474 g/mol. The van der Waals surface area contributed by atoms with Crippen LogP contribution in [0.5, 0.6) is 0 Å². The van der Waals surface area contributed by atoms with Crippen LogP contribution in [0, 0.1) is 0 Å². The fraction of sp³-hybridized carbons (Fsp3) is 1.00. The van der Waals surface area contributed by atoms with E-state index in [2.05, 4.69) is 88.0 Å². The van der Waals surface area contributed by atoms with Gasteiger partial charge in [0.1, 0.15) is 0 Å². The first-order valence-corrected chi connectivity index (χ1v) is 19.7. The van der Waals surface area contributed by atoms with Gasteiger partial charge in [0.25, 0.3) is 0 Å². The van der Waals surface area contributed by atoms with Crippen molar-refractivity contribution in [3.63, 3.8) is 0 Å². The smallest absolute Gasteiger partial charge is 0.194 e. The summed E-state index contributed by atoms with van der Waals surface area (Å²) in [5.41, 5.74) is 0. The quantitative estimate of drug-likeness (QED) is 0.248. The van der Waals surface area contributed by atoms with Crippen molar-refractivity contribution in [1.82, 2.24) is 26.7 Å². The molecular formula is C19H50N6Si4. The van der Waals surface area contributed by atoms with Crippen LogP contribution in [0.1, 0.15) is 41.0 Å². The summed E-state index contributed by atoms with van der Waals surface area (Å²) in [6, 6.07) is 1.58. The molecule has 0 aliphatic carbocycles. The molecule has 2 aliphatic heterocycles. The standard InChI is InChI=1S/C19H50N6Si4/c1-10-21(11-2)26-25(18(4)5)27-22(12-3)14-13-19-17-24(19)28(7)20(6)29(8,9)23-15-16-23/h18-19,28H,10-17,26-27H2,1-9H3. The van der Waals surface area contributed by atoms with Crippen molar-refractivity contribution in [3.8, 4) is 0 Å². The summed E-state index contributed by atoms with van der Waals surface area (Å²) in [7, 11) is -0.372. The van der Waals surface area contributed by atoms with E-state index in [4.69, 9.17) is 0 Å². The highest BCUT2D eigenvalue weighted by atomic mass is 28.4. The third-order valence-electron chi connectivity index (χ3n) is 7.50. The van der Waals surface area contributed by atoms with E-state index in [1.807, 2.05) is 0 Å². The van der Waals surface area contributed by atoms with Crippen molar-refractivity contribution in [1.29, 1.82) is 0 Å². The van der Waals surface area contributed by atoms with E-state index in [0.29, 0.717) is 6.04 Å². The predicted octanol–water partition coefficient (Wildman–Crippen LogP) is 0.232. The zero-order chi connectivity index (χ0) is 21.8. The van der Waals surface area contributed by atoms with Crippen LogP contribution in [-0.4, -0.2) is 129 Å². The van der Waals surface area contributed by atoms with E-state index in [1.54, 1.807) is 0 Å². The van der Waals surface area contributed by atoms with Gasteiger partial charge >= 0.3 is 0 Å². The molecule has 3 unspecified atom stereocenters. The summed E-state index contributed by atoms with van der Waals surface area (Å²) in [6.07, 6.45) is 1.39. The van der Waals surface area contributed by atoms with Crippen molar-refractivity contribution in [2.45, 2.75) is 72.8 Å². The summed E-state index contributed by atoms with van der Waals surface area (Å²) in [4.78, 5) is 0. The fourth-order valence-electron chi connectivity index (χ4n) is 4.38. The van der Waals surface area contributed by atoms with Gasteiger partial charge in [0.2, 0.25) is 0 Å². The van der Waals surface area contributed by atoms with Crippen molar-refractivity contribution >= 4 is 37.2 Å². The first-order valence-electron chi connectivity index (χ1n) is 12.1. The minimum atomic E-state index is -1.32. The molecule has 6 nitrogen and oxygen atoms in total. The summed E-state index contributed by atoms with van der Waals surface area (Å²) >= 11 is 0. The molecule has 0 N–H and O–H groups in total. The summed E-state index contributed by atoms with van der Waals surface area (Å²) < 4.78 is 16.9. The van der Waals surface area contributed by atoms with E-state index >= 15 is 0 Å². The van der Waals surface area contributed by atoms with Crippen LogP contribution < -0.4 is 0 Å². The largest absolute Gasteiger partial charge is 0.329 e. The van der Waals surface area contributed by atoms with Crippen molar-refractivity contribution in [2.75, 3.05) is 52.9 Å². The van der Waals surface area contributed by atoms with Crippen molar-refractivity contribution < 1.29 is 0 Å². The van der Waals surface area contributed by atoms with Crippen LogP contribution in [0.4, 0.5) is 0 Å². The maximum Gasteiger partial charge on any atom is 0.194 e. The Kier molecular flexibility index (Phi) is 10.2. The van der Waals surface area contributed by atoms with Gasteiger partial charge in [-0.2, -0.15) is 0 Å². The van der Waals surface area contributed by atoms with Crippen LogP contribution in [0.2, 0.25) is 19.6 Å². The predicted molar refractivity (Wildman–Crippen MR) is 139 cm³/mol. The van der Waals surface area contributed by atoms with E-state index in [0.717, 1.165) is 6.04 Å². The summed E-state index contributed by atoms with van der Waals surface area (Å²) in [5, 5.41) is 0. The third kappa shape index (κ3) is 7.33. The first kappa shape index (κ1) is 25.9. The van der Waals surface area contributed by atoms with Gasteiger partial charge in [-0.05, 0) is 65.3 Å². The van der Waals surface area contributed by atoms with Gasteiger partial charge in [-0.3, -0.25) is 0 Å². The number of hydrogen-bond donors (Lipinski definition) is 0. The lowest BCUT2D eigenvalue weighted by Gasteiger charge is -2.39. The Morgan fingerprint density at radius 1 is 1.03 bits per heavy atom. The summed E-state index contributed by atoms with van der Waals surface area (Å²) in [5.74, 6) is 0. The minimum Gasteiger partial charge on any atom is -0.329 e. The first-order chi connectivity index (χ1) is 13.6. The Hall–Kier alpha value is 0.628. The van der Waals surface area contributed by atoms with Gasteiger partial charge in [-0.15, -0.1) is 0 Å². The lowest BCUT2D eigenvalue weighted by Crippen LogP contribution is -2.60. The zero-order valence-electron chi connectivity index (χ0n) is 21.0. The normalized spacial score (nSPS) is 24.6. The van der Waals surface area contributed by atoms with Gasteiger partial charge < -0.3 is 26.7 Å². The maximum absolute atomic E-state index is 2.91. The van der Waals surface area contributed by atoms with Crippen LogP contribution in [0.3, 0.4) is 0 Å². The van der Waals surface area contributed by atoms with Gasteiger partial charge in [-0.1, -0.05) is 34.6 Å². The molecule has 2 heterocycles. The molecule has 0 saturated carbocycles. The molecule has 172 valence electrons. The van der Waals surface area contributed by atoms with Crippen LogP contribution in [0.15, 0.2) is 0 Å². The Labute approximate surface area is 189 Å².